The second-order valence-electron chi connectivity index (χ2n) is 3.90. The number of hydrogen-bond donors (Lipinski definition) is 2. The molecule has 0 aromatic heterocycles. The van der Waals surface area contributed by atoms with Gasteiger partial charge in [0.15, 0.2) is 11.5 Å². The first-order valence-electron chi connectivity index (χ1n) is 5.86. The number of carbonyl (C=O) groups excluding carboxylic acids is 1. The monoisotopic (exact) mass is 271 g/mol. The van der Waals surface area contributed by atoms with Crippen LogP contribution in [0.5, 0.6) is 11.5 Å². The van der Waals surface area contributed by atoms with Crippen molar-refractivity contribution in [2.75, 3.05) is 19.5 Å². The van der Waals surface area contributed by atoms with Crippen LogP contribution in [0, 0.1) is 0 Å². The molecule has 0 aliphatic carbocycles. The Kier molecular flexibility index (Phi) is 6.36. The number of benzene rings is 1. The molecule has 0 bridgehead atoms. The molecule has 1 aromatic carbocycles. The number of ether oxygens (including phenoxy) is 1. The van der Waals surface area contributed by atoms with Crippen molar-refractivity contribution in [1.82, 2.24) is 5.32 Å². The van der Waals surface area contributed by atoms with Crippen LogP contribution in [0.25, 0.3) is 0 Å². The molecule has 0 spiro atoms. The molecule has 0 heterocycles. The molecular weight excluding hydrogens is 254 g/mol. The molecule has 1 rings (SSSR count). The van der Waals surface area contributed by atoms with Crippen LogP contribution in [-0.4, -0.2) is 30.5 Å². The van der Waals surface area contributed by atoms with E-state index in [2.05, 4.69) is 5.32 Å². The van der Waals surface area contributed by atoms with Crippen LogP contribution in [0.15, 0.2) is 18.2 Å². The van der Waals surface area contributed by atoms with E-state index in [9.17, 15) is 9.90 Å². The Balaban J connectivity index is 2.35. The van der Waals surface area contributed by atoms with Gasteiger partial charge in [0, 0.05) is 18.8 Å². The van der Waals surface area contributed by atoms with Crippen LogP contribution in [0.4, 0.5) is 0 Å². The lowest BCUT2D eigenvalue weighted by Crippen LogP contribution is -2.25. The van der Waals surface area contributed by atoms with Crippen molar-refractivity contribution in [3.05, 3.63) is 23.8 Å². The lowest BCUT2D eigenvalue weighted by Gasteiger charge is -2.07. The van der Waals surface area contributed by atoms with Crippen LogP contribution in [0.3, 0.4) is 0 Å². The smallest absolute Gasteiger partial charge is 0.220 e. The summed E-state index contributed by atoms with van der Waals surface area (Å²) in [5.41, 5.74) is 0.950. The summed E-state index contributed by atoms with van der Waals surface area (Å²) in [5.74, 6) is 1.07. The van der Waals surface area contributed by atoms with Crippen molar-refractivity contribution < 1.29 is 14.6 Å². The normalized spacial score (nSPS) is 10.1. The molecule has 5 heteroatoms. The van der Waals surface area contributed by atoms with Crippen molar-refractivity contribution >= 4 is 17.5 Å². The van der Waals surface area contributed by atoms with Crippen LogP contribution < -0.4 is 10.1 Å². The highest BCUT2D eigenvalue weighted by atomic mass is 35.5. The molecule has 0 saturated carbocycles. The minimum Gasteiger partial charge on any atom is -0.504 e. The van der Waals surface area contributed by atoms with Crippen molar-refractivity contribution in [3.8, 4) is 11.5 Å². The zero-order valence-electron chi connectivity index (χ0n) is 10.4. The number of rotatable bonds is 7. The van der Waals surface area contributed by atoms with Gasteiger partial charge in [0.1, 0.15) is 0 Å². The van der Waals surface area contributed by atoms with Gasteiger partial charge >= 0.3 is 0 Å². The maximum Gasteiger partial charge on any atom is 0.220 e. The van der Waals surface area contributed by atoms with Gasteiger partial charge in [-0.3, -0.25) is 4.79 Å². The standard InChI is InChI=1S/C13H18ClNO3/c1-18-12-5-4-10(9-11(12)16)6-8-15-13(17)3-2-7-14/h4-5,9,16H,2-3,6-8H2,1H3,(H,15,17). The zero-order valence-corrected chi connectivity index (χ0v) is 11.2. The number of aromatic hydroxyl groups is 1. The van der Waals surface area contributed by atoms with Crippen LogP contribution in [0.1, 0.15) is 18.4 Å². The van der Waals surface area contributed by atoms with Gasteiger partial charge in [-0.05, 0) is 30.5 Å². The molecule has 1 aromatic rings. The minimum absolute atomic E-state index is 0.00776. The van der Waals surface area contributed by atoms with Gasteiger partial charge < -0.3 is 15.2 Å². The Morgan fingerprint density at radius 1 is 1.50 bits per heavy atom. The number of methoxy groups -OCH3 is 1. The third-order valence-corrected chi connectivity index (χ3v) is 2.78. The second-order valence-corrected chi connectivity index (χ2v) is 4.28. The number of amides is 1. The molecule has 18 heavy (non-hydrogen) atoms. The third kappa shape index (κ3) is 4.84. The number of alkyl halides is 1. The van der Waals surface area contributed by atoms with E-state index in [1.807, 2.05) is 6.07 Å². The Labute approximate surface area is 112 Å². The molecule has 100 valence electrons. The van der Waals surface area contributed by atoms with Crippen molar-refractivity contribution in [2.45, 2.75) is 19.3 Å². The lowest BCUT2D eigenvalue weighted by molar-refractivity contribution is -0.121. The van der Waals surface area contributed by atoms with E-state index in [0.717, 1.165) is 5.56 Å². The molecule has 0 atom stereocenters. The topological polar surface area (TPSA) is 58.6 Å². The Bertz CT molecular complexity index is 396. The Hall–Kier alpha value is -1.42. The fraction of sp³-hybridized carbons (Fsp3) is 0.462. The minimum atomic E-state index is 0.00776. The van der Waals surface area contributed by atoms with E-state index in [4.69, 9.17) is 16.3 Å². The highest BCUT2D eigenvalue weighted by molar-refractivity contribution is 6.17. The zero-order chi connectivity index (χ0) is 13.4. The van der Waals surface area contributed by atoms with E-state index < -0.39 is 0 Å². The predicted molar refractivity (Wildman–Crippen MR) is 71.3 cm³/mol. The third-order valence-electron chi connectivity index (χ3n) is 2.52. The van der Waals surface area contributed by atoms with Gasteiger partial charge in [-0.1, -0.05) is 6.07 Å². The van der Waals surface area contributed by atoms with Crippen LogP contribution in [-0.2, 0) is 11.2 Å². The number of hydrogen-bond acceptors (Lipinski definition) is 3. The van der Waals surface area contributed by atoms with Gasteiger partial charge in [-0.15, -0.1) is 11.6 Å². The molecule has 0 fully saturated rings. The summed E-state index contributed by atoms with van der Waals surface area (Å²) < 4.78 is 4.95. The van der Waals surface area contributed by atoms with Crippen molar-refractivity contribution in [3.63, 3.8) is 0 Å². The van der Waals surface area contributed by atoms with Crippen molar-refractivity contribution in [2.24, 2.45) is 0 Å². The summed E-state index contributed by atoms with van der Waals surface area (Å²) >= 11 is 5.50. The molecule has 0 aliphatic rings. The summed E-state index contributed by atoms with van der Waals surface area (Å²) in [4.78, 5) is 11.3. The first kappa shape index (κ1) is 14.6. The Morgan fingerprint density at radius 3 is 2.89 bits per heavy atom. The fourth-order valence-electron chi connectivity index (χ4n) is 1.55. The second kappa shape index (κ2) is 7.82. The highest BCUT2D eigenvalue weighted by Gasteiger charge is 2.03. The first-order chi connectivity index (χ1) is 8.67. The van der Waals surface area contributed by atoms with Gasteiger partial charge in [0.25, 0.3) is 0 Å². The molecule has 0 saturated heterocycles. The molecule has 4 nitrogen and oxygen atoms in total. The number of phenols is 1. The Morgan fingerprint density at radius 2 is 2.28 bits per heavy atom. The summed E-state index contributed by atoms with van der Waals surface area (Å²) in [5, 5.41) is 12.4. The molecule has 0 aliphatic heterocycles. The van der Waals surface area contributed by atoms with E-state index in [1.54, 1.807) is 12.1 Å². The first-order valence-corrected chi connectivity index (χ1v) is 6.39. The number of carbonyl (C=O) groups is 1. The van der Waals surface area contributed by atoms with Crippen LogP contribution in [0.2, 0.25) is 0 Å². The molecular formula is C13H18ClNO3. The van der Waals surface area contributed by atoms with Gasteiger partial charge in [0.2, 0.25) is 5.91 Å². The van der Waals surface area contributed by atoms with E-state index in [-0.39, 0.29) is 11.7 Å². The molecule has 1 amide bonds. The molecule has 2 N–H and O–H groups in total. The maximum absolute atomic E-state index is 11.3. The van der Waals surface area contributed by atoms with E-state index >= 15 is 0 Å². The average molecular weight is 272 g/mol. The van der Waals surface area contributed by atoms with Gasteiger partial charge in [0.05, 0.1) is 7.11 Å². The number of halogens is 1. The quantitative estimate of drug-likeness (QED) is 0.747. The van der Waals surface area contributed by atoms with Gasteiger partial charge in [-0.25, -0.2) is 0 Å². The predicted octanol–water partition coefficient (Wildman–Crippen LogP) is 2.08. The summed E-state index contributed by atoms with van der Waals surface area (Å²) in [6.45, 7) is 0.548. The molecule has 0 unspecified atom stereocenters. The van der Waals surface area contributed by atoms with E-state index in [0.29, 0.717) is 37.4 Å². The largest absolute Gasteiger partial charge is 0.504 e. The summed E-state index contributed by atoms with van der Waals surface area (Å²) in [7, 11) is 1.51. The van der Waals surface area contributed by atoms with E-state index in [1.165, 1.54) is 7.11 Å². The van der Waals surface area contributed by atoms with Crippen molar-refractivity contribution in [1.29, 1.82) is 0 Å². The summed E-state index contributed by atoms with van der Waals surface area (Å²) in [6.07, 6.45) is 1.82. The highest BCUT2D eigenvalue weighted by Crippen LogP contribution is 2.26. The molecule has 0 radical (unpaired) electrons. The van der Waals surface area contributed by atoms with Gasteiger partial charge in [-0.2, -0.15) is 0 Å². The average Bonchev–Trinajstić information content (AvgIpc) is 2.36. The van der Waals surface area contributed by atoms with Crippen LogP contribution >= 0.6 is 11.6 Å². The SMILES string of the molecule is COc1ccc(CCNC(=O)CCCCl)cc1O. The number of nitrogens with one attached hydrogen (secondary N) is 1. The maximum atomic E-state index is 11.3. The fourth-order valence-corrected chi connectivity index (χ4v) is 1.69. The summed E-state index contributed by atoms with van der Waals surface area (Å²) in [6, 6.07) is 5.22. The lowest BCUT2D eigenvalue weighted by atomic mass is 10.1. The number of phenolic OH excluding ortho intramolecular Hbond substituents is 1.